The van der Waals surface area contributed by atoms with Crippen LogP contribution >= 0.6 is 0 Å². The number of rotatable bonds is 4. The second-order valence-corrected chi connectivity index (χ2v) is 5.36. The summed E-state index contributed by atoms with van der Waals surface area (Å²) in [6.45, 7) is 2.25. The van der Waals surface area contributed by atoms with Crippen LogP contribution in [0.25, 0.3) is 0 Å². The summed E-state index contributed by atoms with van der Waals surface area (Å²) >= 11 is 0. The van der Waals surface area contributed by atoms with E-state index < -0.39 is 0 Å². The Labute approximate surface area is 114 Å². The molecule has 0 N–H and O–H groups in total. The zero-order valence-corrected chi connectivity index (χ0v) is 11.9. The lowest BCUT2D eigenvalue weighted by molar-refractivity contribution is 0.0869. The van der Waals surface area contributed by atoms with E-state index in [1.807, 2.05) is 18.2 Å². The van der Waals surface area contributed by atoms with E-state index in [-0.39, 0.29) is 11.7 Å². The number of hydrogen-bond donors (Lipinski definition) is 0. The largest absolute Gasteiger partial charge is 0.496 e. The minimum Gasteiger partial charge on any atom is -0.496 e. The van der Waals surface area contributed by atoms with Gasteiger partial charge in [0.25, 0.3) is 0 Å². The van der Waals surface area contributed by atoms with Crippen LogP contribution < -0.4 is 9.47 Å². The molecule has 19 heavy (non-hydrogen) atoms. The second-order valence-electron chi connectivity index (χ2n) is 5.36. The molecule has 0 heterocycles. The summed E-state index contributed by atoms with van der Waals surface area (Å²) < 4.78 is 10.6. The molecule has 2 rings (SSSR count). The molecule has 0 spiro atoms. The van der Waals surface area contributed by atoms with E-state index in [2.05, 4.69) is 6.92 Å². The monoisotopic (exact) mass is 262 g/mol. The first-order chi connectivity index (χ1) is 9.17. The van der Waals surface area contributed by atoms with E-state index in [0.717, 1.165) is 31.6 Å². The molecule has 1 aliphatic carbocycles. The van der Waals surface area contributed by atoms with Gasteiger partial charge in [-0.2, -0.15) is 0 Å². The summed E-state index contributed by atoms with van der Waals surface area (Å²) in [5.74, 6) is 2.25. The quantitative estimate of drug-likeness (QED) is 0.776. The van der Waals surface area contributed by atoms with Crippen molar-refractivity contribution < 1.29 is 14.3 Å². The van der Waals surface area contributed by atoms with Crippen LogP contribution in [0.4, 0.5) is 0 Å². The zero-order chi connectivity index (χ0) is 13.8. The van der Waals surface area contributed by atoms with Gasteiger partial charge in [0.15, 0.2) is 5.78 Å². The van der Waals surface area contributed by atoms with E-state index in [0.29, 0.717) is 17.1 Å². The van der Waals surface area contributed by atoms with Crippen molar-refractivity contribution in [1.82, 2.24) is 0 Å². The molecular formula is C16H22O3. The molecule has 1 aliphatic rings. The van der Waals surface area contributed by atoms with Crippen LogP contribution in [0.1, 0.15) is 43.0 Å². The normalized spacial score (nSPS) is 22.9. The fourth-order valence-corrected chi connectivity index (χ4v) is 2.82. The van der Waals surface area contributed by atoms with Gasteiger partial charge in [0, 0.05) is 5.92 Å². The average Bonchev–Trinajstić information content (AvgIpc) is 2.46. The minimum absolute atomic E-state index is 0.112. The Hall–Kier alpha value is -1.51. The number of hydrogen-bond acceptors (Lipinski definition) is 3. The van der Waals surface area contributed by atoms with Crippen molar-refractivity contribution >= 4 is 5.78 Å². The summed E-state index contributed by atoms with van der Waals surface area (Å²) in [5, 5.41) is 0. The maximum atomic E-state index is 12.7. The van der Waals surface area contributed by atoms with E-state index in [4.69, 9.17) is 9.47 Å². The molecule has 0 unspecified atom stereocenters. The third kappa shape index (κ3) is 2.91. The van der Waals surface area contributed by atoms with Crippen molar-refractivity contribution in [2.45, 2.75) is 32.6 Å². The van der Waals surface area contributed by atoms with Crippen molar-refractivity contribution in [1.29, 1.82) is 0 Å². The van der Waals surface area contributed by atoms with Gasteiger partial charge >= 0.3 is 0 Å². The predicted molar refractivity (Wildman–Crippen MR) is 75.0 cm³/mol. The Kier molecular flexibility index (Phi) is 4.46. The highest BCUT2D eigenvalue weighted by Gasteiger charge is 2.29. The fraction of sp³-hybridized carbons (Fsp3) is 0.562. The Morgan fingerprint density at radius 3 is 2.05 bits per heavy atom. The molecule has 0 saturated heterocycles. The molecular weight excluding hydrogens is 240 g/mol. The Morgan fingerprint density at radius 1 is 1.05 bits per heavy atom. The maximum absolute atomic E-state index is 12.7. The number of methoxy groups -OCH3 is 2. The molecule has 1 saturated carbocycles. The molecule has 3 nitrogen and oxygen atoms in total. The van der Waals surface area contributed by atoms with Gasteiger partial charge < -0.3 is 9.47 Å². The summed E-state index contributed by atoms with van der Waals surface area (Å²) in [4.78, 5) is 12.7. The number of Topliss-reactive ketones (excluding diaryl/α,β-unsaturated/α-hetero) is 1. The number of benzene rings is 1. The Bertz CT molecular complexity index is 423. The average molecular weight is 262 g/mol. The van der Waals surface area contributed by atoms with Crippen LogP contribution in [0.15, 0.2) is 18.2 Å². The maximum Gasteiger partial charge on any atom is 0.173 e. The lowest BCUT2D eigenvalue weighted by Crippen LogP contribution is -2.22. The van der Waals surface area contributed by atoms with Crippen molar-refractivity contribution in [3.05, 3.63) is 23.8 Å². The number of carbonyl (C=O) groups is 1. The predicted octanol–water partition coefficient (Wildman–Crippen LogP) is 3.71. The summed E-state index contributed by atoms with van der Waals surface area (Å²) in [5.41, 5.74) is 0.604. The third-order valence-corrected chi connectivity index (χ3v) is 4.06. The van der Waals surface area contributed by atoms with Crippen molar-refractivity contribution in [2.75, 3.05) is 14.2 Å². The SMILES string of the molecule is COc1cccc(OC)c1C(=O)C1CCC(C)CC1. The Balaban J connectivity index is 2.27. The standard InChI is InChI=1S/C16H22O3/c1-11-7-9-12(10-8-11)16(17)15-13(18-2)5-4-6-14(15)19-3/h4-6,11-12H,7-10H2,1-3H3. The smallest absolute Gasteiger partial charge is 0.173 e. The van der Waals surface area contributed by atoms with Crippen LogP contribution in [0.2, 0.25) is 0 Å². The number of carbonyl (C=O) groups excluding carboxylic acids is 1. The summed E-state index contributed by atoms with van der Waals surface area (Å²) in [6, 6.07) is 5.49. The second kappa shape index (κ2) is 6.09. The van der Waals surface area contributed by atoms with Crippen LogP contribution in [-0.2, 0) is 0 Å². The molecule has 0 bridgehead atoms. The first-order valence-corrected chi connectivity index (χ1v) is 6.92. The molecule has 1 aromatic rings. The highest BCUT2D eigenvalue weighted by atomic mass is 16.5. The molecule has 0 amide bonds. The number of ketones is 1. The Morgan fingerprint density at radius 2 is 1.58 bits per heavy atom. The number of ether oxygens (including phenoxy) is 2. The van der Waals surface area contributed by atoms with E-state index in [9.17, 15) is 4.79 Å². The van der Waals surface area contributed by atoms with Gasteiger partial charge in [0.05, 0.1) is 14.2 Å². The van der Waals surface area contributed by atoms with Crippen molar-refractivity contribution in [2.24, 2.45) is 11.8 Å². The lowest BCUT2D eigenvalue weighted by atomic mass is 9.79. The highest BCUT2D eigenvalue weighted by Crippen LogP contribution is 2.36. The first kappa shape index (κ1) is 13.9. The van der Waals surface area contributed by atoms with Gasteiger partial charge in [-0.05, 0) is 30.9 Å². The molecule has 1 fully saturated rings. The zero-order valence-electron chi connectivity index (χ0n) is 11.9. The summed E-state index contributed by atoms with van der Waals surface area (Å²) in [6.07, 6.45) is 4.21. The first-order valence-electron chi connectivity index (χ1n) is 6.92. The molecule has 0 atom stereocenters. The van der Waals surface area contributed by atoms with Crippen LogP contribution in [0, 0.1) is 11.8 Å². The van der Waals surface area contributed by atoms with Gasteiger partial charge in [-0.25, -0.2) is 0 Å². The van der Waals surface area contributed by atoms with E-state index in [1.54, 1.807) is 14.2 Å². The van der Waals surface area contributed by atoms with Crippen LogP contribution in [0.5, 0.6) is 11.5 Å². The third-order valence-electron chi connectivity index (χ3n) is 4.06. The van der Waals surface area contributed by atoms with Gasteiger partial charge in [0.1, 0.15) is 17.1 Å². The summed E-state index contributed by atoms with van der Waals surface area (Å²) in [7, 11) is 3.18. The van der Waals surface area contributed by atoms with Gasteiger partial charge in [-0.3, -0.25) is 4.79 Å². The van der Waals surface area contributed by atoms with Gasteiger partial charge in [0.2, 0.25) is 0 Å². The van der Waals surface area contributed by atoms with Crippen molar-refractivity contribution in [3.63, 3.8) is 0 Å². The van der Waals surface area contributed by atoms with Gasteiger partial charge in [-0.15, -0.1) is 0 Å². The van der Waals surface area contributed by atoms with Crippen LogP contribution in [0.3, 0.4) is 0 Å². The van der Waals surface area contributed by atoms with E-state index >= 15 is 0 Å². The molecule has 3 heteroatoms. The molecule has 0 radical (unpaired) electrons. The lowest BCUT2D eigenvalue weighted by Gasteiger charge is -2.26. The van der Waals surface area contributed by atoms with E-state index in [1.165, 1.54) is 0 Å². The van der Waals surface area contributed by atoms with Crippen molar-refractivity contribution in [3.8, 4) is 11.5 Å². The van der Waals surface area contributed by atoms with Crippen LogP contribution in [-0.4, -0.2) is 20.0 Å². The molecule has 104 valence electrons. The topological polar surface area (TPSA) is 35.5 Å². The molecule has 0 aromatic heterocycles. The fourth-order valence-electron chi connectivity index (χ4n) is 2.82. The molecule has 0 aliphatic heterocycles. The minimum atomic E-state index is 0.112. The highest BCUT2D eigenvalue weighted by molar-refractivity contribution is 6.02. The molecule has 1 aromatic carbocycles. The van der Waals surface area contributed by atoms with Gasteiger partial charge in [-0.1, -0.05) is 25.8 Å².